The number of likely N-dealkylation sites (tertiary alicyclic amines) is 1. The monoisotopic (exact) mass is 507 g/mol. The summed E-state index contributed by atoms with van der Waals surface area (Å²) < 4.78 is 15.2. The zero-order valence-electron chi connectivity index (χ0n) is 19.8. The molecule has 3 aliphatic rings. The van der Waals surface area contributed by atoms with Crippen LogP contribution in [0.1, 0.15) is 48.5 Å². The number of nitrogens with zero attached hydrogens (tertiary/aromatic N) is 3. The molecule has 36 heavy (non-hydrogen) atoms. The summed E-state index contributed by atoms with van der Waals surface area (Å²) in [5.74, 6) is -0.542. The van der Waals surface area contributed by atoms with Crippen molar-refractivity contribution in [2.24, 2.45) is 0 Å². The number of amides is 2. The standard InChI is InChI=1S/C27H27ClFN5O2/c28-21-14-23(22(29)13-20(21)17-5-3-4-16(10-17)15-33-8-1-2-9-33)30-27(36)34-19-6-7-24(34)26-18(11-19)12-25(35)31-32-26/h3-5,10,12-14,19,24H,1-2,6-9,11,15H2,(H,30,36)(H,31,35)/t19-,24+/m0/s1. The van der Waals surface area contributed by atoms with Crippen molar-refractivity contribution in [3.05, 3.63) is 80.5 Å². The molecule has 2 saturated heterocycles. The predicted octanol–water partition coefficient (Wildman–Crippen LogP) is 5.12. The molecule has 2 atom stereocenters. The number of benzene rings is 2. The van der Waals surface area contributed by atoms with Gasteiger partial charge in [0.25, 0.3) is 5.56 Å². The third-order valence-electron chi connectivity index (χ3n) is 7.57. The molecule has 186 valence electrons. The Morgan fingerprint density at radius 2 is 2.00 bits per heavy atom. The number of urea groups is 1. The molecule has 2 amide bonds. The maximum Gasteiger partial charge on any atom is 0.322 e. The van der Waals surface area contributed by atoms with Crippen LogP contribution in [0.2, 0.25) is 5.02 Å². The van der Waals surface area contributed by atoms with Crippen LogP contribution in [0.3, 0.4) is 0 Å². The van der Waals surface area contributed by atoms with Gasteiger partial charge in [0.1, 0.15) is 5.82 Å². The zero-order valence-corrected chi connectivity index (χ0v) is 20.5. The van der Waals surface area contributed by atoms with Crippen LogP contribution in [0, 0.1) is 5.82 Å². The zero-order chi connectivity index (χ0) is 24.8. The number of carbonyl (C=O) groups excluding carboxylic acids is 1. The molecule has 1 aromatic heterocycles. The van der Waals surface area contributed by atoms with E-state index in [0.29, 0.717) is 22.7 Å². The largest absolute Gasteiger partial charge is 0.322 e. The van der Waals surface area contributed by atoms with Crippen LogP contribution in [-0.4, -0.2) is 45.2 Å². The normalized spacial score (nSPS) is 21.0. The summed E-state index contributed by atoms with van der Waals surface area (Å²) in [4.78, 5) is 29.0. The first-order chi connectivity index (χ1) is 17.5. The second-order valence-electron chi connectivity index (χ2n) is 9.93. The molecule has 0 unspecified atom stereocenters. The Labute approximate surface area is 213 Å². The fourth-order valence-electron chi connectivity index (χ4n) is 5.90. The molecule has 4 heterocycles. The van der Waals surface area contributed by atoms with Gasteiger partial charge in [-0.3, -0.25) is 9.69 Å². The van der Waals surface area contributed by atoms with Gasteiger partial charge in [-0.05, 0) is 80.1 Å². The first kappa shape index (κ1) is 23.2. The van der Waals surface area contributed by atoms with Gasteiger partial charge in [0, 0.05) is 24.2 Å². The number of hydrogen-bond acceptors (Lipinski definition) is 4. The lowest BCUT2D eigenvalue weighted by Gasteiger charge is -2.35. The summed E-state index contributed by atoms with van der Waals surface area (Å²) in [6, 6.07) is 11.8. The van der Waals surface area contributed by atoms with E-state index < -0.39 is 11.8 Å². The van der Waals surface area contributed by atoms with Crippen molar-refractivity contribution in [1.29, 1.82) is 0 Å². The summed E-state index contributed by atoms with van der Waals surface area (Å²) in [6.45, 7) is 3.07. The Morgan fingerprint density at radius 3 is 2.83 bits per heavy atom. The minimum Gasteiger partial charge on any atom is -0.313 e. The van der Waals surface area contributed by atoms with Crippen LogP contribution < -0.4 is 10.9 Å². The number of halogens is 2. The first-order valence-corrected chi connectivity index (χ1v) is 12.8. The van der Waals surface area contributed by atoms with Crippen molar-refractivity contribution in [1.82, 2.24) is 20.0 Å². The van der Waals surface area contributed by atoms with Gasteiger partial charge < -0.3 is 10.2 Å². The van der Waals surface area contributed by atoms with Gasteiger partial charge >= 0.3 is 6.03 Å². The van der Waals surface area contributed by atoms with E-state index in [1.54, 1.807) is 11.0 Å². The van der Waals surface area contributed by atoms with Gasteiger partial charge in [-0.25, -0.2) is 14.3 Å². The molecule has 2 aromatic carbocycles. The Bertz CT molecular complexity index is 1390. The molecule has 3 aliphatic heterocycles. The number of H-pyrrole nitrogens is 1. The molecule has 7 nitrogen and oxygen atoms in total. The van der Waals surface area contributed by atoms with Crippen molar-refractivity contribution in [3.63, 3.8) is 0 Å². The van der Waals surface area contributed by atoms with E-state index in [1.165, 1.54) is 30.5 Å². The van der Waals surface area contributed by atoms with Gasteiger partial charge in [-0.15, -0.1) is 0 Å². The Hall–Kier alpha value is -3.23. The van der Waals surface area contributed by atoms with E-state index in [0.717, 1.165) is 43.6 Å². The molecule has 2 bridgehead atoms. The number of carbonyl (C=O) groups is 1. The van der Waals surface area contributed by atoms with Crippen molar-refractivity contribution in [2.45, 2.75) is 50.7 Å². The predicted molar refractivity (Wildman–Crippen MR) is 137 cm³/mol. The van der Waals surface area contributed by atoms with Gasteiger partial charge in [0.2, 0.25) is 0 Å². The van der Waals surface area contributed by atoms with Crippen molar-refractivity contribution in [3.8, 4) is 11.1 Å². The average molecular weight is 508 g/mol. The lowest BCUT2D eigenvalue weighted by molar-refractivity contribution is 0.177. The molecular formula is C27H27ClFN5O2. The fraction of sp³-hybridized carbons (Fsp3) is 0.370. The molecule has 0 spiro atoms. The molecule has 0 saturated carbocycles. The highest BCUT2D eigenvalue weighted by atomic mass is 35.5. The fourth-order valence-corrected chi connectivity index (χ4v) is 6.17. The maximum absolute atomic E-state index is 15.2. The lowest BCUT2D eigenvalue weighted by Crippen LogP contribution is -2.45. The van der Waals surface area contributed by atoms with Crippen LogP contribution in [0.4, 0.5) is 14.9 Å². The van der Waals surface area contributed by atoms with E-state index >= 15 is 4.39 Å². The molecule has 9 heteroatoms. The number of nitrogens with one attached hydrogen (secondary N) is 2. The van der Waals surface area contributed by atoms with E-state index in [2.05, 4.69) is 32.5 Å². The van der Waals surface area contributed by atoms with Crippen molar-refractivity contribution >= 4 is 23.3 Å². The Balaban J connectivity index is 1.22. The van der Waals surface area contributed by atoms with E-state index in [-0.39, 0.29) is 23.3 Å². The molecule has 6 rings (SSSR count). The number of aromatic nitrogens is 2. The molecule has 0 aliphatic carbocycles. The van der Waals surface area contributed by atoms with Crippen molar-refractivity contribution < 1.29 is 9.18 Å². The highest BCUT2D eigenvalue weighted by Crippen LogP contribution is 2.43. The molecular weight excluding hydrogens is 481 g/mol. The number of aromatic amines is 1. The SMILES string of the molecule is O=C(Nc1cc(Cl)c(-c2cccc(CN3CCCC3)c2)cc1F)N1[C@H]2CC[C@@H]1c1n[nH]c(=O)cc1C2. The van der Waals surface area contributed by atoms with Crippen LogP contribution >= 0.6 is 11.6 Å². The third-order valence-corrected chi connectivity index (χ3v) is 7.88. The minimum absolute atomic E-state index is 0.0431. The third kappa shape index (κ3) is 4.29. The second kappa shape index (κ2) is 9.33. The average Bonchev–Trinajstić information content (AvgIpc) is 3.48. The number of anilines is 1. The summed E-state index contributed by atoms with van der Waals surface area (Å²) in [5.41, 5.74) is 3.99. The summed E-state index contributed by atoms with van der Waals surface area (Å²) >= 11 is 6.59. The second-order valence-corrected chi connectivity index (χ2v) is 10.3. The summed E-state index contributed by atoms with van der Waals surface area (Å²) in [7, 11) is 0. The highest BCUT2D eigenvalue weighted by molar-refractivity contribution is 6.33. The van der Waals surface area contributed by atoms with E-state index in [1.807, 2.05) is 12.1 Å². The summed E-state index contributed by atoms with van der Waals surface area (Å²) in [5, 5.41) is 9.76. The molecule has 0 radical (unpaired) electrons. The highest BCUT2D eigenvalue weighted by Gasteiger charge is 2.44. The number of rotatable bonds is 4. The molecule has 2 N–H and O–H groups in total. The lowest BCUT2D eigenvalue weighted by atomic mass is 9.99. The quantitative estimate of drug-likeness (QED) is 0.513. The van der Waals surface area contributed by atoms with Crippen LogP contribution in [0.5, 0.6) is 0 Å². The maximum atomic E-state index is 15.2. The van der Waals surface area contributed by atoms with E-state index in [9.17, 15) is 9.59 Å². The first-order valence-electron chi connectivity index (χ1n) is 12.4. The van der Waals surface area contributed by atoms with E-state index in [4.69, 9.17) is 11.6 Å². The minimum atomic E-state index is -0.542. The van der Waals surface area contributed by atoms with Gasteiger partial charge in [-0.2, -0.15) is 5.10 Å². The molecule has 3 aromatic rings. The Morgan fingerprint density at radius 1 is 1.17 bits per heavy atom. The van der Waals surface area contributed by atoms with Gasteiger partial charge in [0.15, 0.2) is 0 Å². The topological polar surface area (TPSA) is 81.3 Å². The summed E-state index contributed by atoms with van der Waals surface area (Å²) in [6.07, 6.45) is 4.57. The van der Waals surface area contributed by atoms with Crippen molar-refractivity contribution in [2.75, 3.05) is 18.4 Å². The van der Waals surface area contributed by atoms with Crippen LogP contribution in [0.25, 0.3) is 11.1 Å². The van der Waals surface area contributed by atoms with Gasteiger partial charge in [0.05, 0.1) is 22.4 Å². The van der Waals surface area contributed by atoms with Crippen LogP contribution in [-0.2, 0) is 13.0 Å². The Kier molecular flexibility index (Phi) is 6.01. The number of hydrogen-bond donors (Lipinski definition) is 2. The smallest absolute Gasteiger partial charge is 0.313 e. The van der Waals surface area contributed by atoms with Crippen LogP contribution in [0.15, 0.2) is 47.3 Å². The number of fused-ring (bicyclic) bond motifs is 4. The van der Waals surface area contributed by atoms with Gasteiger partial charge in [-0.1, -0.05) is 29.8 Å². The molecule has 2 fully saturated rings.